The summed E-state index contributed by atoms with van der Waals surface area (Å²) in [6.45, 7) is 1.77. The van der Waals surface area contributed by atoms with Crippen molar-refractivity contribution in [3.8, 4) is 0 Å². The summed E-state index contributed by atoms with van der Waals surface area (Å²) in [6, 6.07) is 4.61. The third-order valence-electron chi connectivity index (χ3n) is 2.11. The van der Waals surface area contributed by atoms with Crippen LogP contribution in [-0.4, -0.2) is 23.6 Å². The lowest BCUT2D eigenvalue weighted by molar-refractivity contribution is 0.598. The Balaban J connectivity index is 2.41. The van der Waals surface area contributed by atoms with E-state index in [1.165, 1.54) is 17.8 Å². The van der Waals surface area contributed by atoms with Crippen LogP contribution in [0.5, 0.6) is 0 Å². The molecule has 2 rings (SSSR count). The van der Waals surface area contributed by atoms with E-state index in [0.717, 1.165) is 0 Å². The number of aryl methyl sites for hydroxylation is 1. The molecule has 7 nitrogen and oxygen atoms in total. The number of nitrogens with zero attached hydrogens (tertiary/aromatic N) is 2. The van der Waals surface area contributed by atoms with E-state index in [4.69, 9.17) is 10.9 Å². The Hall–Kier alpha value is -1.58. The summed E-state index contributed by atoms with van der Waals surface area (Å²) in [5.41, 5.74) is 5.88. The Labute approximate surface area is 108 Å². The minimum atomic E-state index is -3.83. The number of nitrogens with two attached hydrogens (primary N) is 2. The van der Waals surface area contributed by atoms with Gasteiger partial charge in [-0.3, -0.25) is 5.10 Å². The molecule has 0 saturated carbocycles. The fourth-order valence-corrected chi connectivity index (χ4v) is 2.91. The second kappa shape index (κ2) is 4.59. The van der Waals surface area contributed by atoms with Gasteiger partial charge >= 0.3 is 0 Å². The van der Waals surface area contributed by atoms with E-state index in [9.17, 15) is 8.42 Å². The summed E-state index contributed by atoms with van der Waals surface area (Å²) in [5, 5.41) is 12.2. The molecule has 5 N–H and O–H groups in total. The predicted molar refractivity (Wildman–Crippen MR) is 67.5 cm³/mol. The van der Waals surface area contributed by atoms with E-state index in [-0.39, 0.29) is 10.6 Å². The first kappa shape index (κ1) is 12.9. The molecule has 0 radical (unpaired) electrons. The van der Waals surface area contributed by atoms with Gasteiger partial charge in [0, 0.05) is 4.90 Å². The second-order valence-electron chi connectivity index (χ2n) is 3.52. The zero-order valence-corrected chi connectivity index (χ0v) is 11.0. The number of primary sulfonamides is 1. The van der Waals surface area contributed by atoms with E-state index in [0.29, 0.717) is 15.9 Å². The Bertz CT molecular complexity index is 680. The smallest absolute Gasteiger partial charge is 0.240 e. The number of H-pyrrole nitrogens is 1. The number of para-hydroxylation sites is 1. The highest BCUT2D eigenvalue weighted by atomic mass is 32.2. The highest BCUT2D eigenvalue weighted by Gasteiger charge is 2.16. The standard InChI is InChI=1S/C9H11N5O2S2/c1-5-12-9(14-13-5)17-6-3-2-4-7(8(6)10)18(11,15)16/h2-4H,10H2,1H3,(H2,11,15,16)(H,12,13,14). The number of aromatic nitrogens is 3. The fraction of sp³-hybridized carbons (Fsp3) is 0.111. The van der Waals surface area contributed by atoms with Crippen molar-refractivity contribution >= 4 is 27.5 Å². The van der Waals surface area contributed by atoms with E-state index in [1.807, 2.05) is 0 Å². The zero-order chi connectivity index (χ0) is 13.3. The van der Waals surface area contributed by atoms with Gasteiger partial charge in [0.2, 0.25) is 15.2 Å². The van der Waals surface area contributed by atoms with Crippen LogP contribution >= 0.6 is 11.8 Å². The molecular weight excluding hydrogens is 274 g/mol. The first-order valence-electron chi connectivity index (χ1n) is 4.86. The van der Waals surface area contributed by atoms with Gasteiger partial charge in [-0.2, -0.15) is 0 Å². The number of rotatable bonds is 3. The summed E-state index contributed by atoms with van der Waals surface area (Å²) >= 11 is 1.17. The van der Waals surface area contributed by atoms with Gasteiger partial charge in [0.05, 0.1) is 5.69 Å². The van der Waals surface area contributed by atoms with Crippen molar-refractivity contribution in [1.29, 1.82) is 0 Å². The van der Waals surface area contributed by atoms with E-state index < -0.39 is 10.0 Å². The van der Waals surface area contributed by atoms with Crippen LogP contribution in [0.3, 0.4) is 0 Å². The maximum Gasteiger partial charge on any atom is 0.240 e. The number of aromatic amines is 1. The molecule has 0 aliphatic heterocycles. The molecule has 0 bridgehead atoms. The van der Waals surface area contributed by atoms with Crippen LogP contribution in [-0.2, 0) is 10.0 Å². The number of nitrogens with one attached hydrogen (secondary N) is 1. The lowest BCUT2D eigenvalue weighted by Gasteiger charge is -2.07. The summed E-state index contributed by atoms with van der Waals surface area (Å²) in [4.78, 5) is 4.54. The normalized spacial score (nSPS) is 11.7. The zero-order valence-electron chi connectivity index (χ0n) is 9.41. The maximum absolute atomic E-state index is 11.3. The van der Waals surface area contributed by atoms with Gasteiger partial charge in [-0.05, 0) is 30.8 Å². The molecule has 0 saturated heterocycles. The molecule has 9 heteroatoms. The third-order valence-corrected chi connectivity index (χ3v) is 4.02. The molecule has 0 aliphatic carbocycles. The number of sulfonamides is 1. The van der Waals surface area contributed by atoms with Gasteiger partial charge in [-0.15, -0.1) is 5.10 Å². The molecule has 0 spiro atoms. The van der Waals surface area contributed by atoms with E-state index in [2.05, 4.69) is 15.2 Å². The summed E-state index contributed by atoms with van der Waals surface area (Å²) in [5.74, 6) is 0.665. The molecule has 0 aliphatic rings. The van der Waals surface area contributed by atoms with Crippen molar-refractivity contribution in [1.82, 2.24) is 15.2 Å². The van der Waals surface area contributed by atoms with E-state index >= 15 is 0 Å². The van der Waals surface area contributed by atoms with E-state index in [1.54, 1.807) is 19.1 Å². The quantitative estimate of drug-likeness (QED) is 0.704. The largest absolute Gasteiger partial charge is 0.397 e. The average molecular weight is 285 g/mol. The first-order valence-corrected chi connectivity index (χ1v) is 7.22. The summed E-state index contributed by atoms with van der Waals surface area (Å²) in [6.07, 6.45) is 0. The molecule has 1 heterocycles. The third kappa shape index (κ3) is 2.63. The molecule has 1 aromatic heterocycles. The van der Waals surface area contributed by atoms with Crippen LogP contribution < -0.4 is 10.9 Å². The molecular formula is C9H11N5O2S2. The van der Waals surface area contributed by atoms with Crippen LogP contribution in [0.1, 0.15) is 5.82 Å². The minimum absolute atomic E-state index is 0.0974. The molecule has 0 atom stereocenters. The Morgan fingerprint density at radius 1 is 1.39 bits per heavy atom. The summed E-state index contributed by atoms with van der Waals surface area (Å²) < 4.78 is 22.6. The number of hydrogen-bond acceptors (Lipinski definition) is 6. The SMILES string of the molecule is Cc1nc(Sc2cccc(S(N)(=O)=O)c2N)n[nH]1. The highest BCUT2D eigenvalue weighted by Crippen LogP contribution is 2.33. The molecule has 0 unspecified atom stereocenters. The van der Waals surface area contributed by atoms with Crippen LogP contribution in [0, 0.1) is 6.92 Å². The number of anilines is 1. The van der Waals surface area contributed by atoms with Crippen LogP contribution in [0.25, 0.3) is 0 Å². The van der Waals surface area contributed by atoms with Crippen molar-refractivity contribution in [2.24, 2.45) is 5.14 Å². The summed E-state index contributed by atoms with van der Waals surface area (Å²) in [7, 11) is -3.83. The van der Waals surface area contributed by atoms with Gasteiger partial charge in [-0.25, -0.2) is 18.5 Å². The molecule has 1 aromatic carbocycles. The average Bonchev–Trinajstić information content (AvgIpc) is 2.65. The first-order chi connectivity index (χ1) is 8.38. The Morgan fingerprint density at radius 2 is 2.11 bits per heavy atom. The van der Waals surface area contributed by atoms with Crippen molar-refractivity contribution in [3.05, 3.63) is 24.0 Å². The Morgan fingerprint density at radius 3 is 2.67 bits per heavy atom. The fourth-order valence-electron chi connectivity index (χ4n) is 1.33. The molecule has 0 fully saturated rings. The van der Waals surface area contributed by atoms with Gasteiger partial charge < -0.3 is 5.73 Å². The maximum atomic E-state index is 11.3. The van der Waals surface area contributed by atoms with Gasteiger partial charge in [0.15, 0.2) is 0 Å². The lowest BCUT2D eigenvalue weighted by atomic mass is 10.3. The number of hydrogen-bond donors (Lipinski definition) is 3. The second-order valence-corrected chi connectivity index (χ2v) is 6.06. The van der Waals surface area contributed by atoms with Crippen LogP contribution in [0.4, 0.5) is 5.69 Å². The molecule has 0 amide bonds. The van der Waals surface area contributed by atoms with Crippen LogP contribution in [0.15, 0.2) is 33.1 Å². The van der Waals surface area contributed by atoms with Gasteiger partial charge in [-0.1, -0.05) is 6.07 Å². The molecule has 96 valence electrons. The van der Waals surface area contributed by atoms with Crippen LogP contribution in [0.2, 0.25) is 0 Å². The van der Waals surface area contributed by atoms with Crippen molar-refractivity contribution in [3.63, 3.8) is 0 Å². The van der Waals surface area contributed by atoms with Crippen molar-refractivity contribution < 1.29 is 8.42 Å². The molecule has 18 heavy (non-hydrogen) atoms. The monoisotopic (exact) mass is 285 g/mol. The number of benzene rings is 1. The van der Waals surface area contributed by atoms with Crippen molar-refractivity contribution in [2.75, 3.05) is 5.73 Å². The highest BCUT2D eigenvalue weighted by molar-refractivity contribution is 7.99. The lowest BCUT2D eigenvalue weighted by Crippen LogP contribution is -2.14. The molecule has 2 aromatic rings. The van der Waals surface area contributed by atoms with Crippen molar-refractivity contribution in [2.45, 2.75) is 21.9 Å². The minimum Gasteiger partial charge on any atom is -0.397 e. The van der Waals surface area contributed by atoms with Gasteiger partial charge in [0.1, 0.15) is 10.7 Å². The Kier molecular flexibility index (Phi) is 3.28. The predicted octanol–water partition coefficient (Wildman–Crippen LogP) is 0.494. The number of nitrogen functional groups attached to an aromatic ring is 1. The topological polar surface area (TPSA) is 128 Å². The van der Waals surface area contributed by atoms with Gasteiger partial charge in [0.25, 0.3) is 0 Å².